The second-order valence-electron chi connectivity index (χ2n) is 5.32. The van der Waals surface area contributed by atoms with Crippen LogP contribution in [0.3, 0.4) is 0 Å². The number of hydrogen-bond donors (Lipinski definition) is 1. The molecule has 1 aliphatic rings. The zero-order chi connectivity index (χ0) is 13.7. The summed E-state index contributed by atoms with van der Waals surface area (Å²) in [7, 11) is 0. The maximum atomic E-state index is 12.6. The molecule has 2 N–H and O–H groups in total. The number of hydrogen-bond acceptors (Lipinski definition) is 2. The number of nitrogens with two attached hydrogens (primary N) is 1. The fraction of sp³-hybridized carbons (Fsp3) is 0.562. The van der Waals surface area contributed by atoms with E-state index in [1.54, 1.807) is 0 Å². The van der Waals surface area contributed by atoms with Crippen molar-refractivity contribution in [2.45, 2.75) is 38.6 Å². The SMILES string of the molecule is CCCC(CN)C(=O)N1CCCC1c1ccccc1. The van der Waals surface area contributed by atoms with Gasteiger partial charge in [-0.3, -0.25) is 4.79 Å². The van der Waals surface area contributed by atoms with Gasteiger partial charge in [0.1, 0.15) is 0 Å². The summed E-state index contributed by atoms with van der Waals surface area (Å²) < 4.78 is 0. The Labute approximate surface area is 115 Å². The molecule has 0 aromatic heterocycles. The highest BCUT2D eigenvalue weighted by Crippen LogP contribution is 2.33. The molecule has 1 aliphatic heterocycles. The van der Waals surface area contributed by atoms with Crippen molar-refractivity contribution in [2.24, 2.45) is 11.7 Å². The fourth-order valence-electron chi connectivity index (χ4n) is 2.98. The largest absolute Gasteiger partial charge is 0.335 e. The molecule has 2 rings (SSSR count). The van der Waals surface area contributed by atoms with Crippen LogP contribution in [0.25, 0.3) is 0 Å². The van der Waals surface area contributed by atoms with Crippen LogP contribution in [0.2, 0.25) is 0 Å². The number of benzene rings is 1. The van der Waals surface area contributed by atoms with Gasteiger partial charge >= 0.3 is 0 Å². The Kier molecular flexibility index (Phi) is 4.97. The molecule has 1 aromatic carbocycles. The van der Waals surface area contributed by atoms with E-state index >= 15 is 0 Å². The van der Waals surface area contributed by atoms with Gasteiger partial charge in [-0.25, -0.2) is 0 Å². The topological polar surface area (TPSA) is 46.3 Å². The number of carbonyl (C=O) groups is 1. The minimum Gasteiger partial charge on any atom is -0.335 e. The predicted molar refractivity (Wildman–Crippen MR) is 77.6 cm³/mol. The highest BCUT2D eigenvalue weighted by atomic mass is 16.2. The maximum absolute atomic E-state index is 12.6. The van der Waals surface area contributed by atoms with Crippen molar-refractivity contribution >= 4 is 5.91 Å². The van der Waals surface area contributed by atoms with Crippen molar-refractivity contribution < 1.29 is 4.79 Å². The lowest BCUT2D eigenvalue weighted by molar-refractivity contribution is -0.136. The number of rotatable bonds is 5. The van der Waals surface area contributed by atoms with E-state index in [0.717, 1.165) is 32.2 Å². The first-order chi connectivity index (χ1) is 9.27. The smallest absolute Gasteiger partial charge is 0.227 e. The molecule has 1 aromatic rings. The molecule has 0 aliphatic carbocycles. The lowest BCUT2D eigenvalue weighted by Gasteiger charge is -2.28. The van der Waals surface area contributed by atoms with Crippen LogP contribution in [0.5, 0.6) is 0 Å². The predicted octanol–water partition coefficient (Wildman–Crippen LogP) is 2.73. The molecule has 0 bridgehead atoms. The van der Waals surface area contributed by atoms with Crippen LogP contribution in [0, 0.1) is 5.92 Å². The summed E-state index contributed by atoms with van der Waals surface area (Å²) in [5.74, 6) is 0.241. The molecule has 0 saturated carbocycles. The average Bonchev–Trinajstić information content (AvgIpc) is 2.94. The monoisotopic (exact) mass is 260 g/mol. The van der Waals surface area contributed by atoms with Crippen LogP contribution in [0.1, 0.15) is 44.2 Å². The van der Waals surface area contributed by atoms with Crippen molar-refractivity contribution in [3.8, 4) is 0 Å². The van der Waals surface area contributed by atoms with Crippen LogP contribution in [-0.2, 0) is 4.79 Å². The summed E-state index contributed by atoms with van der Waals surface area (Å²) in [6.45, 7) is 3.44. The molecule has 2 atom stereocenters. The Bertz CT molecular complexity index is 404. The standard InChI is InChI=1S/C16H24N2O/c1-2-7-14(12-17)16(19)18-11-6-10-15(18)13-8-4-3-5-9-13/h3-5,8-9,14-15H,2,6-7,10-12,17H2,1H3. The van der Waals surface area contributed by atoms with Crippen LogP contribution in [0.15, 0.2) is 30.3 Å². The summed E-state index contributed by atoms with van der Waals surface area (Å²) in [5.41, 5.74) is 7.01. The first-order valence-corrected chi connectivity index (χ1v) is 7.33. The van der Waals surface area contributed by atoms with Crippen molar-refractivity contribution in [3.63, 3.8) is 0 Å². The quantitative estimate of drug-likeness (QED) is 0.884. The molecule has 3 nitrogen and oxygen atoms in total. The van der Waals surface area contributed by atoms with Gasteiger partial charge in [-0.15, -0.1) is 0 Å². The van der Waals surface area contributed by atoms with Crippen LogP contribution in [-0.4, -0.2) is 23.9 Å². The average molecular weight is 260 g/mol. The summed E-state index contributed by atoms with van der Waals surface area (Å²) in [6.07, 6.45) is 4.07. The van der Waals surface area contributed by atoms with Crippen LogP contribution < -0.4 is 5.73 Å². The first kappa shape index (κ1) is 14.1. The minimum atomic E-state index is -0.00527. The Morgan fingerprint density at radius 3 is 2.79 bits per heavy atom. The summed E-state index contributed by atoms with van der Waals surface area (Å²) in [4.78, 5) is 14.6. The van der Waals surface area contributed by atoms with E-state index in [1.807, 2.05) is 23.1 Å². The first-order valence-electron chi connectivity index (χ1n) is 7.33. The van der Waals surface area contributed by atoms with Gasteiger partial charge in [-0.05, 0) is 24.8 Å². The normalized spacial score (nSPS) is 20.5. The molecule has 1 heterocycles. The molecule has 1 saturated heterocycles. The third kappa shape index (κ3) is 3.16. The molecule has 0 spiro atoms. The summed E-state index contributed by atoms with van der Waals surface area (Å²) in [6, 6.07) is 10.6. The zero-order valence-corrected chi connectivity index (χ0v) is 11.7. The Morgan fingerprint density at radius 1 is 1.42 bits per heavy atom. The van der Waals surface area contributed by atoms with E-state index in [9.17, 15) is 4.79 Å². The van der Waals surface area contributed by atoms with Gasteiger partial charge < -0.3 is 10.6 Å². The van der Waals surface area contributed by atoms with E-state index in [1.165, 1.54) is 5.56 Å². The van der Waals surface area contributed by atoms with Gasteiger partial charge in [-0.2, -0.15) is 0 Å². The van der Waals surface area contributed by atoms with Crippen LogP contribution >= 0.6 is 0 Å². The molecule has 104 valence electrons. The molecular weight excluding hydrogens is 236 g/mol. The van der Waals surface area contributed by atoms with E-state index in [-0.39, 0.29) is 17.9 Å². The number of carbonyl (C=O) groups excluding carboxylic acids is 1. The second kappa shape index (κ2) is 6.71. The third-order valence-corrected chi connectivity index (χ3v) is 3.99. The lowest BCUT2D eigenvalue weighted by atomic mass is 9.99. The Hall–Kier alpha value is -1.35. The van der Waals surface area contributed by atoms with Gasteiger partial charge in [0.05, 0.1) is 12.0 Å². The molecule has 3 heteroatoms. The van der Waals surface area contributed by atoms with Crippen LogP contribution in [0.4, 0.5) is 0 Å². The van der Waals surface area contributed by atoms with E-state index in [0.29, 0.717) is 6.54 Å². The lowest BCUT2D eigenvalue weighted by Crippen LogP contribution is -2.38. The molecule has 1 fully saturated rings. The summed E-state index contributed by atoms with van der Waals surface area (Å²) >= 11 is 0. The third-order valence-electron chi connectivity index (χ3n) is 3.99. The Morgan fingerprint density at radius 2 is 2.16 bits per heavy atom. The highest BCUT2D eigenvalue weighted by molar-refractivity contribution is 5.79. The zero-order valence-electron chi connectivity index (χ0n) is 11.7. The Balaban J connectivity index is 2.12. The molecule has 2 unspecified atom stereocenters. The highest BCUT2D eigenvalue weighted by Gasteiger charge is 2.32. The van der Waals surface area contributed by atoms with E-state index < -0.39 is 0 Å². The van der Waals surface area contributed by atoms with Gasteiger partial charge in [0.25, 0.3) is 0 Å². The molecule has 1 amide bonds. The number of likely N-dealkylation sites (tertiary alicyclic amines) is 1. The van der Waals surface area contributed by atoms with Crippen molar-refractivity contribution in [1.29, 1.82) is 0 Å². The number of nitrogens with zero attached hydrogens (tertiary/aromatic N) is 1. The van der Waals surface area contributed by atoms with Gasteiger partial charge in [0, 0.05) is 13.1 Å². The van der Waals surface area contributed by atoms with Crippen molar-refractivity contribution in [3.05, 3.63) is 35.9 Å². The molecule has 0 radical (unpaired) electrons. The fourth-order valence-corrected chi connectivity index (χ4v) is 2.98. The van der Waals surface area contributed by atoms with Crippen molar-refractivity contribution in [2.75, 3.05) is 13.1 Å². The van der Waals surface area contributed by atoms with Gasteiger partial charge in [-0.1, -0.05) is 43.7 Å². The molecule has 19 heavy (non-hydrogen) atoms. The summed E-state index contributed by atoms with van der Waals surface area (Å²) in [5, 5.41) is 0. The molecular formula is C16H24N2O. The second-order valence-corrected chi connectivity index (χ2v) is 5.32. The van der Waals surface area contributed by atoms with E-state index in [4.69, 9.17) is 5.73 Å². The maximum Gasteiger partial charge on any atom is 0.227 e. The van der Waals surface area contributed by atoms with Crippen molar-refractivity contribution in [1.82, 2.24) is 4.90 Å². The van der Waals surface area contributed by atoms with Gasteiger partial charge in [0.2, 0.25) is 5.91 Å². The number of amides is 1. The minimum absolute atomic E-state index is 0.00527. The van der Waals surface area contributed by atoms with Gasteiger partial charge in [0.15, 0.2) is 0 Å². The van der Waals surface area contributed by atoms with E-state index in [2.05, 4.69) is 19.1 Å².